The van der Waals surface area contributed by atoms with E-state index in [1.54, 1.807) is 6.92 Å². The molecule has 0 aliphatic carbocycles. The second kappa shape index (κ2) is 8.08. The third kappa shape index (κ3) is 6.88. The third-order valence-electron chi connectivity index (χ3n) is 1.57. The Morgan fingerprint density at radius 3 is 2.35 bits per heavy atom. The van der Waals surface area contributed by atoms with E-state index in [2.05, 4.69) is 9.47 Å². The van der Waals surface area contributed by atoms with Crippen LogP contribution in [-0.2, 0) is 23.9 Å². The molecular weight excluding hydrogens is 234 g/mol. The fourth-order valence-corrected chi connectivity index (χ4v) is 0.749. The Morgan fingerprint density at radius 2 is 1.88 bits per heavy atom. The van der Waals surface area contributed by atoms with Crippen LogP contribution in [0.4, 0.5) is 4.79 Å². The summed E-state index contributed by atoms with van der Waals surface area (Å²) in [5.74, 6) is -1.48. The van der Waals surface area contributed by atoms with Gasteiger partial charge in [0.05, 0.1) is 0 Å². The zero-order chi connectivity index (χ0) is 13.3. The molecule has 0 unspecified atom stereocenters. The van der Waals surface area contributed by atoms with Crippen molar-refractivity contribution in [2.75, 3.05) is 19.9 Å². The molecule has 8 heteroatoms. The van der Waals surface area contributed by atoms with Gasteiger partial charge in [-0.05, 0) is 0 Å². The molecule has 0 atom stereocenters. The lowest BCUT2D eigenvalue weighted by atomic mass is 10.5. The van der Waals surface area contributed by atoms with Gasteiger partial charge in [0.15, 0.2) is 13.0 Å². The molecule has 0 radical (unpaired) electrons. The second-order valence-corrected chi connectivity index (χ2v) is 2.83. The summed E-state index contributed by atoms with van der Waals surface area (Å²) < 4.78 is 8.90. The maximum Gasteiger partial charge on any atom is 0.410 e. The largest absolute Gasteiger partial charge is 0.465 e. The van der Waals surface area contributed by atoms with E-state index < -0.39 is 37.9 Å². The third-order valence-corrected chi connectivity index (χ3v) is 1.57. The predicted octanol–water partition coefficient (Wildman–Crippen LogP) is -0.381. The lowest BCUT2D eigenvalue weighted by molar-refractivity contribution is -0.153. The second-order valence-electron chi connectivity index (χ2n) is 2.83. The zero-order valence-corrected chi connectivity index (χ0v) is 9.25. The van der Waals surface area contributed by atoms with Crippen molar-refractivity contribution < 1.29 is 33.8 Å². The molecule has 0 bridgehead atoms. The van der Waals surface area contributed by atoms with Crippen LogP contribution in [0.15, 0.2) is 0 Å². The first-order chi connectivity index (χ1) is 8.01. The van der Waals surface area contributed by atoms with E-state index in [9.17, 15) is 19.2 Å². The molecule has 0 aliphatic heterocycles. The van der Waals surface area contributed by atoms with Gasteiger partial charge in [0.2, 0.25) is 0 Å². The number of amides is 1. The quantitative estimate of drug-likeness (QED) is 0.371. The van der Waals surface area contributed by atoms with E-state index in [4.69, 9.17) is 5.11 Å². The number of ether oxygens (including phenoxy) is 2. The normalized spacial score (nSPS) is 9.24. The Balaban J connectivity index is 4.15. The molecule has 0 rings (SSSR count). The summed E-state index contributed by atoms with van der Waals surface area (Å²) in [6.45, 7) is -0.0643. The molecule has 0 aromatic rings. The highest BCUT2D eigenvalue weighted by atomic mass is 16.6. The molecule has 0 aromatic carbocycles. The van der Waals surface area contributed by atoms with Crippen LogP contribution >= 0.6 is 0 Å². The maximum absolute atomic E-state index is 11.0. The van der Waals surface area contributed by atoms with Crippen LogP contribution in [-0.4, -0.2) is 54.2 Å². The number of carbonyl (C=O) groups is 4. The molecule has 0 heterocycles. The predicted molar refractivity (Wildman–Crippen MR) is 53.0 cm³/mol. The van der Waals surface area contributed by atoms with Crippen molar-refractivity contribution in [2.24, 2.45) is 0 Å². The Morgan fingerprint density at radius 1 is 1.24 bits per heavy atom. The number of nitrogens with zero attached hydrogens (tertiary/aromatic N) is 1. The molecule has 0 saturated heterocycles. The molecule has 1 N–H and O–H groups in total. The summed E-state index contributed by atoms with van der Waals surface area (Å²) in [5.41, 5.74) is 0. The average molecular weight is 247 g/mol. The Bertz CT molecular complexity index is 302. The van der Waals surface area contributed by atoms with Crippen molar-refractivity contribution >= 4 is 24.3 Å². The fraction of sp³-hybridized carbons (Fsp3) is 0.556. The van der Waals surface area contributed by atoms with Crippen LogP contribution in [0.1, 0.15) is 13.3 Å². The summed E-state index contributed by atoms with van der Waals surface area (Å²) in [6.07, 6.45) is -0.972. The van der Waals surface area contributed by atoms with Crippen LogP contribution in [0.5, 0.6) is 0 Å². The number of aldehydes is 1. The first-order valence-corrected chi connectivity index (χ1v) is 4.74. The molecule has 0 saturated carbocycles. The molecular formula is C9H13NO7. The van der Waals surface area contributed by atoms with E-state index in [1.165, 1.54) is 0 Å². The van der Waals surface area contributed by atoms with Gasteiger partial charge in [0.1, 0.15) is 13.2 Å². The molecule has 17 heavy (non-hydrogen) atoms. The lowest BCUT2D eigenvalue weighted by Crippen LogP contribution is -2.37. The van der Waals surface area contributed by atoms with Gasteiger partial charge in [-0.1, -0.05) is 6.92 Å². The van der Waals surface area contributed by atoms with Crippen molar-refractivity contribution in [3.8, 4) is 0 Å². The molecule has 1 amide bonds. The molecule has 0 spiro atoms. The Labute approximate surface area is 97.1 Å². The highest BCUT2D eigenvalue weighted by molar-refractivity contribution is 5.78. The monoisotopic (exact) mass is 247 g/mol. The van der Waals surface area contributed by atoms with E-state index >= 15 is 0 Å². The molecule has 0 aromatic heterocycles. The van der Waals surface area contributed by atoms with Crippen molar-refractivity contribution in [3.63, 3.8) is 0 Å². The number of hydrogen-bond donors (Lipinski definition) is 1. The summed E-state index contributed by atoms with van der Waals surface area (Å²) >= 11 is 0. The number of hydrogen-bond acceptors (Lipinski definition) is 6. The van der Waals surface area contributed by atoms with Gasteiger partial charge in [-0.3, -0.25) is 19.3 Å². The smallest absolute Gasteiger partial charge is 0.410 e. The summed E-state index contributed by atoms with van der Waals surface area (Å²) in [7, 11) is 0. The summed E-state index contributed by atoms with van der Waals surface area (Å²) in [5, 5.41) is 8.69. The van der Waals surface area contributed by atoms with Crippen LogP contribution in [0, 0.1) is 0 Å². The van der Waals surface area contributed by atoms with Gasteiger partial charge in [0.25, 0.3) is 0 Å². The topological polar surface area (TPSA) is 110 Å². The van der Waals surface area contributed by atoms with Crippen molar-refractivity contribution in [3.05, 3.63) is 0 Å². The van der Waals surface area contributed by atoms with Crippen LogP contribution in [0.25, 0.3) is 0 Å². The minimum absolute atomic E-state index is 0.100. The summed E-state index contributed by atoms with van der Waals surface area (Å²) in [6, 6.07) is 0. The van der Waals surface area contributed by atoms with Gasteiger partial charge in [-0.25, -0.2) is 4.79 Å². The van der Waals surface area contributed by atoms with Gasteiger partial charge in [0, 0.05) is 6.42 Å². The first kappa shape index (κ1) is 14.9. The van der Waals surface area contributed by atoms with Crippen molar-refractivity contribution in [1.29, 1.82) is 0 Å². The fourth-order valence-electron chi connectivity index (χ4n) is 0.749. The van der Waals surface area contributed by atoms with E-state index in [1.807, 2.05) is 0 Å². The van der Waals surface area contributed by atoms with Crippen molar-refractivity contribution in [2.45, 2.75) is 13.3 Å². The van der Waals surface area contributed by atoms with Gasteiger partial charge in [-0.15, -0.1) is 0 Å². The van der Waals surface area contributed by atoms with Gasteiger partial charge >= 0.3 is 18.0 Å². The first-order valence-electron chi connectivity index (χ1n) is 4.74. The Hall–Kier alpha value is -2.12. The molecule has 96 valence electrons. The number of esters is 2. The van der Waals surface area contributed by atoms with E-state index in [0.29, 0.717) is 11.2 Å². The number of carbonyl (C=O) groups excluding carboxylic acids is 3. The number of rotatable bonds is 7. The van der Waals surface area contributed by atoms with Gasteiger partial charge < -0.3 is 14.6 Å². The minimum Gasteiger partial charge on any atom is -0.465 e. The molecule has 0 fully saturated rings. The number of carboxylic acid groups (broad SMARTS) is 1. The summed E-state index contributed by atoms with van der Waals surface area (Å²) in [4.78, 5) is 42.9. The zero-order valence-electron chi connectivity index (χ0n) is 9.25. The van der Waals surface area contributed by atoms with E-state index in [0.717, 1.165) is 0 Å². The van der Waals surface area contributed by atoms with Crippen LogP contribution < -0.4 is 0 Å². The standard InChI is InChI=1S/C9H13NO7/c1-2-7(12)17-6-10(9(14)15)5-8(13)16-4-3-11/h3H,2,4-6H2,1H3,(H,14,15). The van der Waals surface area contributed by atoms with Crippen LogP contribution in [0.3, 0.4) is 0 Å². The average Bonchev–Trinajstić information content (AvgIpc) is 2.30. The lowest BCUT2D eigenvalue weighted by Gasteiger charge is -2.17. The van der Waals surface area contributed by atoms with Crippen LogP contribution in [0.2, 0.25) is 0 Å². The minimum atomic E-state index is -1.43. The SMILES string of the molecule is CCC(=O)OCN(CC(=O)OCC=O)C(=O)O. The molecule has 0 aliphatic rings. The highest BCUT2D eigenvalue weighted by Crippen LogP contribution is 1.94. The van der Waals surface area contributed by atoms with E-state index in [-0.39, 0.29) is 6.42 Å². The highest BCUT2D eigenvalue weighted by Gasteiger charge is 2.18. The van der Waals surface area contributed by atoms with Gasteiger partial charge in [-0.2, -0.15) is 0 Å². The van der Waals surface area contributed by atoms with Crippen molar-refractivity contribution in [1.82, 2.24) is 4.90 Å². The Kier molecular flexibility index (Phi) is 7.07. The molecule has 8 nitrogen and oxygen atoms in total. The maximum atomic E-state index is 11.0.